The number of carbonyl (C=O) groups excluding carboxylic acids is 2. The van der Waals surface area contributed by atoms with Gasteiger partial charge in [0, 0.05) is 0 Å². The average molecular weight is 407 g/mol. The lowest BCUT2D eigenvalue weighted by atomic mass is 10.0. The molecule has 0 radical (unpaired) electrons. The number of thiophene rings is 1. The van der Waals surface area contributed by atoms with E-state index in [1.54, 1.807) is 13.8 Å². The van der Waals surface area contributed by atoms with Gasteiger partial charge in [0.2, 0.25) is 0 Å². The summed E-state index contributed by atoms with van der Waals surface area (Å²) in [5, 5.41) is 21.6. The molecule has 0 aliphatic carbocycles. The summed E-state index contributed by atoms with van der Waals surface area (Å²) >= 11 is 0.961. The number of nitrogens with zero attached hydrogens (tertiary/aromatic N) is 2. The molecule has 2 aromatic rings. The van der Waals surface area contributed by atoms with Gasteiger partial charge < -0.3 is 10.1 Å². The molecule has 148 valence electrons. The summed E-state index contributed by atoms with van der Waals surface area (Å²) in [5.74, 6) is -0.811. The number of nitrogens with one attached hydrogen (secondary N) is 1. The largest absolute Gasteiger partial charge is 0.462 e. The topological polar surface area (TPSA) is 103 Å². The number of hydrogen-bond acceptors (Lipinski definition) is 6. The average Bonchev–Trinajstić information content (AvgIpc) is 3.01. The van der Waals surface area contributed by atoms with E-state index in [-0.39, 0.29) is 27.6 Å². The van der Waals surface area contributed by atoms with E-state index in [9.17, 15) is 20.1 Å². The van der Waals surface area contributed by atoms with Gasteiger partial charge in [0.05, 0.1) is 12.2 Å². The number of carbonyl (C=O) groups is 2. The molecule has 0 fully saturated rings. The van der Waals surface area contributed by atoms with E-state index in [1.807, 2.05) is 36.4 Å². The third kappa shape index (κ3) is 5.10. The highest BCUT2D eigenvalue weighted by Gasteiger charge is 2.23. The van der Waals surface area contributed by atoms with E-state index >= 15 is 0 Å². The molecule has 1 heterocycles. The Labute approximate surface area is 174 Å². The van der Waals surface area contributed by atoms with Crippen molar-refractivity contribution >= 4 is 34.3 Å². The van der Waals surface area contributed by atoms with Crippen molar-refractivity contribution in [3.63, 3.8) is 0 Å². The predicted octanol–water partition coefficient (Wildman–Crippen LogP) is 4.77. The molecule has 6 nitrogen and oxygen atoms in total. The monoisotopic (exact) mass is 407 g/mol. The Bertz CT molecular complexity index is 1030. The van der Waals surface area contributed by atoms with Crippen LogP contribution in [0.2, 0.25) is 0 Å². The second-order valence-corrected chi connectivity index (χ2v) is 7.56. The summed E-state index contributed by atoms with van der Waals surface area (Å²) in [7, 11) is 0. The molecule has 1 aromatic carbocycles. The lowest BCUT2D eigenvalue weighted by molar-refractivity contribution is -0.112. The molecular weight excluding hydrogens is 386 g/mol. The maximum Gasteiger partial charge on any atom is 0.348 e. The second kappa shape index (κ2) is 9.68. The molecule has 0 aliphatic rings. The van der Waals surface area contributed by atoms with Gasteiger partial charge in [0.15, 0.2) is 0 Å². The number of anilines is 1. The smallest absolute Gasteiger partial charge is 0.348 e. The summed E-state index contributed by atoms with van der Waals surface area (Å²) in [6.45, 7) is 7.68. The van der Waals surface area contributed by atoms with Gasteiger partial charge in [0.25, 0.3) is 5.91 Å². The second-order valence-electron chi connectivity index (χ2n) is 6.54. The molecule has 0 saturated carbocycles. The summed E-state index contributed by atoms with van der Waals surface area (Å²) in [4.78, 5) is 24.9. The Kier molecular flexibility index (Phi) is 7.30. The molecule has 0 aliphatic heterocycles. The van der Waals surface area contributed by atoms with Crippen molar-refractivity contribution in [1.29, 1.82) is 10.5 Å². The first kappa shape index (κ1) is 21.9. The van der Waals surface area contributed by atoms with Crippen molar-refractivity contribution in [2.24, 2.45) is 0 Å². The van der Waals surface area contributed by atoms with Crippen LogP contribution in [0.4, 0.5) is 5.00 Å². The van der Waals surface area contributed by atoms with Crippen LogP contribution in [0.1, 0.15) is 58.6 Å². The van der Waals surface area contributed by atoms with Crippen LogP contribution >= 0.6 is 11.3 Å². The standard InChI is InChI=1S/C22H21N3O3S/c1-5-28-22(27)19-14(4)18(12-24)21(29-19)25-20(26)17(11-23)10-15-6-8-16(9-7-15)13(2)3/h6-10,13H,5H2,1-4H3,(H,25,26)/b17-10+. The van der Waals surface area contributed by atoms with Gasteiger partial charge in [-0.2, -0.15) is 10.5 Å². The Morgan fingerprint density at radius 3 is 2.41 bits per heavy atom. The van der Waals surface area contributed by atoms with Crippen LogP contribution in [0.3, 0.4) is 0 Å². The van der Waals surface area contributed by atoms with Crippen LogP contribution < -0.4 is 5.32 Å². The first-order chi connectivity index (χ1) is 13.8. The van der Waals surface area contributed by atoms with E-state index in [0.29, 0.717) is 11.5 Å². The fourth-order valence-electron chi connectivity index (χ4n) is 2.59. The van der Waals surface area contributed by atoms with Crippen molar-refractivity contribution in [3.8, 4) is 12.1 Å². The fraction of sp³-hybridized carbons (Fsp3) is 0.273. The number of hydrogen-bond donors (Lipinski definition) is 1. The summed E-state index contributed by atoms with van der Waals surface area (Å²) in [5.41, 5.74) is 2.40. The Morgan fingerprint density at radius 1 is 1.24 bits per heavy atom. The van der Waals surface area contributed by atoms with E-state index < -0.39 is 11.9 Å². The molecule has 1 N–H and O–H groups in total. The van der Waals surface area contributed by atoms with E-state index in [0.717, 1.165) is 22.5 Å². The quantitative estimate of drug-likeness (QED) is 0.422. The van der Waals surface area contributed by atoms with Gasteiger partial charge in [0.1, 0.15) is 27.6 Å². The van der Waals surface area contributed by atoms with Crippen molar-refractivity contribution < 1.29 is 14.3 Å². The zero-order chi connectivity index (χ0) is 21.6. The molecule has 7 heteroatoms. The normalized spacial score (nSPS) is 10.9. The lowest BCUT2D eigenvalue weighted by Gasteiger charge is -2.05. The van der Waals surface area contributed by atoms with Gasteiger partial charge in [-0.05, 0) is 42.5 Å². The highest BCUT2D eigenvalue weighted by molar-refractivity contribution is 7.18. The molecule has 0 spiro atoms. The van der Waals surface area contributed by atoms with Gasteiger partial charge in [-0.3, -0.25) is 4.79 Å². The van der Waals surface area contributed by atoms with E-state index in [4.69, 9.17) is 4.74 Å². The van der Waals surface area contributed by atoms with Crippen LogP contribution in [0.15, 0.2) is 29.8 Å². The van der Waals surface area contributed by atoms with Crippen LogP contribution in [0.5, 0.6) is 0 Å². The zero-order valence-corrected chi connectivity index (χ0v) is 17.5. The molecule has 0 bridgehead atoms. The minimum atomic E-state index is -0.645. The maximum atomic E-state index is 12.6. The maximum absolute atomic E-state index is 12.6. The Morgan fingerprint density at radius 2 is 1.90 bits per heavy atom. The van der Waals surface area contributed by atoms with Gasteiger partial charge in [-0.15, -0.1) is 11.3 Å². The molecule has 29 heavy (non-hydrogen) atoms. The predicted molar refractivity (Wildman–Crippen MR) is 112 cm³/mol. The van der Waals surface area contributed by atoms with E-state index in [1.165, 1.54) is 6.08 Å². The molecule has 0 atom stereocenters. The summed E-state index contributed by atoms with van der Waals surface area (Å²) < 4.78 is 4.99. The van der Waals surface area contributed by atoms with Gasteiger partial charge in [-0.25, -0.2) is 4.79 Å². The van der Waals surface area contributed by atoms with Crippen LogP contribution in [-0.2, 0) is 9.53 Å². The van der Waals surface area contributed by atoms with Crippen LogP contribution in [0.25, 0.3) is 6.08 Å². The van der Waals surface area contributed by atoms with Gasteiger partial charge >= 0.3 is 5.97 Å². The number of amides is 1. The van der Waals surface area contributed by atoms with Crippen molar-refractivity contribution in [1.82, 2.24) is 0 Å². The van der Waals surface area contributed by atoms with Crippen molar-refractivity contribution in [2.45, 2.75) is 33.6 Å². The van der Waals surface area contributed by atoms with Crippen molar-refractivity contribution in [3.05, 3.63) is 57.0 Å². The van der Waals surface area contributed by atoms with Gasteiger partial charge in [-0.1, -0.05) is 38.1 Å². The highest BCUT2D eigenvalue weighted by atomic mass is 32.1. The summed E-state index contributed by atoms with van der Waals surface area (Å²) in [6, 6.07) is 11.5. The molecule has 2 rings (SSSR count). The third-order valence-corrected chi connectivity index (χ3v) is 5.41. The zero-order valence-electron chi connectivity index (χ0n) is 16.7. The molecule has 0 saturated heterocycles. The molecule has 1 amide bonds. The SMILES string of the molecule is CCOC(=O)c1sc(NC(=O)/C(C#N)=C/c2ccc(C(C)C)cc2)c(C#N)c1C. The lowest BCUT2D eigenvalue weighted by Crippen LogP contribution is -2.13. The minimum absolute atomic E-state index is 0.102. The number of ether oxygens (including phenoxy) is 1. The number of rotatable bonds is 6. The first-order valence-corrected chi connectivity index (χ1v) is 9.87. The first-order valence-electron chi connectivity index (χ1n) is 9.06. The number of nitriles is 2. The van der Waals surface area contributed by atoms with Crippen LogP contribution in [-0.4, -0.2) is 18.5 Å². The highest BCUT2D eigenvalue weighted by Crippen LogP contribution is 2.33. The number of esters is 1. The Hall–Kier alpha value is -3.42. The molecule has 1 aromatic heterocycles. The molecule has 0 unspecified atom stereocenters. The Balaban J connectivity index is 2.30. The van der Waals surface area contributed by atoms with Crippen molar-refractivity contribution in [2.75, 3.05) is 11.9 Å². The van der Waals surface area contributed by atoms with E-state index in [2.05, 4.69) is 19.2 Å². The summed E-state index contributed by atoms with van der Waals surface area (Å²) in [6.07, 6.45) is 1.48. The number of benzene rings is 1. The van der Waals surface area contributed by atoms with Crippen LogP contribution in [0, 0.1) is 29.6 Å². The fourth-order valence-corrected chi connectivity index (χ4v) is 3.64. The minimum Gasteiger partial charge on any atom is -0.462 e. The third-order valence-electron chi connectivity index (χ3n) is 4.23. The molecular formula is C22H21N3O3S.